The van der Waals surface area contributed by atoms with Gasteiger partial charge >= 0.3 is 5.97 Å². The van der Waals surface area contributed by atoms with Crippen molar-refractivity contribution in [1.82, 2.24) is 4.98 Å². The van der Waals surface area contributed by atoms with Gasteiger partial charge in [0.15, 0.2) is 0 Å². The summed E-state index contributed by atoms with van der Waals surface area (Å²) in [5, 5.41) is 0. The third-order valence-corrected chi connectivity index (χ3v) is 2.75. The topological polar surface area (TPSA) is 42.4 Å². The molecule has 0 aliphatic carbocycles. The highest BCUT2D eigenvalue weighted by Crippen LogP contribution is 2.11. The first kappa shape index (κ1) is 14.5. The van der Waals surface area contributed by atoms with Gasteiger partial charge < -0.3 is 9.64 Å². The summed E-state index contributed by atoms with van der Waals surface area (Å²) in [6.07, 6.45) is 5.17. The van der Waals surface area contributed by atoms with Crippen molar-refractivity contribution >= 4 is 11.8 Å². The largest absolute Gasteiger partial charge is 0.462 e. The molecule has 0 saturated heterocycles. The van der Waals surface area contributed by atoms with Crippen molar-refractivity contribution in [2.24, 2.45) is 0 Å². The van der Waals surface area contributed by atoms with Gasteiger partial charge in [0, 0.05) is 19.8 Å². The molecule has 0 aliphatic heterocycles. The van der Waals surface area contributed by atoms with E-state index in [4.69, 9.17) is 4.74 Å². The third-order valence-electron chi connectivity index (χ3n) is 2.75. The van der Waals surface area contributed by atoms with Gasteiger partial charge in [0.25, 0.3) is 0 Å². The van der Waals surface area contributed by atoms with Gasteiger partial charge in [-0.25, -0.2) is 9.78 Å². The van der Waals surface area contributed by atoms with Crippen LogP contribution >= 0.6 is 0 Å². The van der Waals surface area contributed by atoms with Crippen LogP contribution in [0.4, 0.5) is 5.82 Å². The van der Waals surface area contributed by atoms with Crippen LogP contribution in [0.5, 0.6) is 0 Å². The van der Waals surface area contributed by atoms with Gasteiger partial charge in [-0.2, -0.15) is 0 Å². The minimum absolute atomic E-state index is 0.315. The van der Waals surface area contributed by atoms with Gasteiger partial charge in [-0.05, 0) is 25.5 Å². The predicted octanol–water partition coefficient (Wildman–Crippen LogP) is 2.88. The number of anilines is 1. The van der Waals surface area contributed by atoms with Crippen LogP contribution in [0.2, 0.25) is 0 Å². The fourth-order valence-corrected chi connectivity index (χ4v) is 1.66. The summed E-state index contributed by atoms with van der Waals surface area (Å²) in [6.45, 7) is 5.35. The van der Waals surface area contributed by atoms with Crippen LogP contribution in [0.15, 0.2) is 18.3 Å². The summed E-state index contributed by atoms with van der Waals surface area (Å²) < 4.78 is 4.92. The zero-order valence-corrected chi connectivity index (χ0v) is 11.5. The maximum atomic E-state index is 11.5. The normalized spacial score (nSPS) is 10.2. The highest BCUT2D eigenvalue weighted by molar-refractivity contribution is 5.89. The van der Waals surface area contributed by atoms with E-state index in [-0.39, 0.29) is 5.97 Å². The molecule has 0 unspecified atom stereocenters. The summed E-state index contributed by atoms with van der Waals surface area (Å²) in [5.74, 6) is 0.573. The molecular formula is C14H22N2O2. The quantitative estimate of drug-likeness (QED) is 0.551. The third kappa shape index (κ3) is 4.35. The summed E-state index contributed by atoms with van der Waals surface area (Å²) in [4.78, 5) is 17.8. The molecule has 1 aromatic rings. The van der Waals surface area contributed by atoms with Crippen LogP contribution in [0, 0.1) is 0 Å². The molecule has 0 radical (unpaired) electrons. The smallest absolute Gasteiger partial charge is 0.339 e. The van der Waals surface area contributed by atoms with Crippen molar-refractivity contribution in [2.45, 2.75) is 33.1 Å². The molecule has 0 amide bonds. The van der Waals surface area contributed by atoms with Crippen LogP contribution < -0.4 is 4.90 Å². The lowest BCUT2D eigenvalue weighted by molar-refractivity contribution is 0.0526. The van der Waals surface area contributed by atoms with E-state index >= 15 is 0 Å². The van der Waals surface area contributed by atoms with E-state index in [0.717, 1.165) is 18.8 Å². The van der Waals surface area contributed by atoms with Crippen LogP contribution in [-0.4, -0.2) is 31.2 Å². The Labute approximate surface area is 109 Å². The van der Waals surface area contributed by atoms with Gasteiger partial charge in [0.1, 0.15) is 5.82 Å². The SMILES string of the molecule is CCCCCN(C)c1ccc(C(=O)OCC)cn1. The van der Waals surface area contributed by atoms with Crippen LogP contribution in [0.25, 0.3) is 0 Å². The maximum Gasteiger partial charge on any atom is 0.339 e. The summed E-state index contributed by atoms with van der Waals surface area (Å²) in [6, 6.07) is 3.62. The molecule has 1 aromatic heterocycles. The molecule has 0 bridgehead atoms. The number of hydrogen-bond acceptors (Lipinski definition) is 4. The average molecular weight is 250 g/mol. The number of carbonyl (C=O) groups is 1. The monoisotopic (exact) mass is 250 g/mol. The second kappa shape index (κ2) is 7.69. The molecule has 0 atom stereocenters. The molecule has 0 fully saturated rings. The van der Waals surface area contributed by atoms with Gasteiger partial charge in [-0.15, -0.1) is 0 Å². The minimum atomic E-state index is -0.315. The fraction of sp³-hybridized carbons (Fsp3) is 0.571. The Balaban J connectivity index is 2.56. The Morgan fingerprint density at radius 2 is 2.11 bits per heavy atom. The molecular weight excluding hydrogens is 228 g/mol. The zero-order valence-electron chi connectivity index (χ0n) is 11.5. The second-order valence-corrected chi connectivity index (χ2v) is 4.25. The Bertz CT molecular complexity index is 363. The van der Waals surface area contributed by atoms with E-state index in [1.165, 1.54) is 12.8 Å². The first-order valence-corrected chi connectivity index (χ1v) is 6.53. The van der Waals surface area contributed by atoms with Crippen molar-refractivity contribution in [3.05, 3.63) is 23.9 Å². The predicted molar refractivity (Wildman–Crippen MR) is 73.0 cm³/mol. The standard InChI is InChI=1S/C14H22N2O2/c1-4-6-7-10-16(3)13-9-8-12(11-15-13)14(17)18-5-2/h8-9,11H,4-7,10H2,1-3H3. The summed E-state index contributed by atoms with van der Waals surface area (Å²) in [7, 11) is 2.02. The molecule has 18 heavy (non-hydrogen) atoms. The molecule has 100 valence electrons. The Hall–Kier alpha value is -1.58. The maximum absolute atomic E-state index is 11.5. The van der Waals surface area contributed by atoms with E-state index in [1.807, 2.05) is 13.1 Å². The van der Waals surface area contributed by atoms with Crippen molar-refractivity contribution in [2.75, 3.05) is 25.1 Å². The number of carbonyl (C=O) groups excluding carboxylic acids is 1. The number of nitrogens with zero attached hydrogens (tertiary/aromatic N) is 2. The van der Waals surface area contributed by atoms with E-state index in [2.05, 4.69) is 16.8 Å². The van der Waals surface area contributed by atoms with E-state index in [0.29, 0.717) is 12.2 Å². The molecule has 4 heteroatoms. The second-order valence-electron chi connectivity index (χ2n) is 4.25. The van der Waals surface area contributed by atoms with Gasteiger partial charge in [-0.3, -0.25) is 0 Å². The molecule has 1 rings (SSSR count). The number of rotatable bonds is 7. The van der Waals surface area contributed by atoms with Gasteiger partial charge in [0.05, 0.1) is 12.2 Å². The Morgan fingerprint density at radius 1 is 1.33 bits per heavy atom. The lowest BCUT2D eigenvalue weighted by Crippen LogP contribution is -2.19. The molecule has 4 nitrogen and oxygen atoms in total. The van der Waals surface area contributed by atoms with Crippen LogP contribution in [0.1, 0.15) is 43.5 Å². The molecule has 1 heterocycles. The molecule has 0 saturated carbocycles. The van der Waals surface area contributed by atoms with E-state index in [1.54, 1.807) is 19.2 Å². The van der Waals surface area contributed by atoms with Crippen molar-refractivity contribution < 1.29 is 9.53 Å². The number of hydrogen-bond donors (Lipinski definition) is 0. The van der Waals surface area contributed by atoms with Gasteiger partial charge in [0.2, 0.25) is 0 Å². The molecule has 0 N–H and O–H groups in total. The zero-order chi connectivity index (χ0) is 13.4. The number of unbranched alkanes of at least 4 members (excludes halogenated alkanes) is 2. The number of esters is 1. The molecule has 0 aliphatic rings. The summed E-state index contributed by atoms with van der Waals surface area (Å²) in [5.41, 5.74) is 0.502. The first-order valence-electron chi connectivity index (χ1n) is 6.53. The Morgan fingerprint density at radius 3 is 2.67 bits per heavy atom. The molecule has 0 aromatic carbocycles. The number of pyridine rings is 1. The number of aromatic nitrogens is 1. The minimum Gasteiger partial charge on any atom is -0.462 e. The van der Waals surface area contributed by atoms with Crippen molar-refractivity contribution in [3.8, 4) is 0 Å². The molecule has 0 spiro atoms. The van der Waals surface area contributed by atoms with E-state index < -0.39 is 0 Å². The average Bonchev–Trinajstić information content (AvgIpc) is 2.39. The first-order chi connectivity index (χ1) is 8.69. The van der Waals surface area contributed by atoms with Crippen molar-refractivity contribution in [3.63, 3.8) is 0 Å². The summed E-state index contributed by atoms with van der Waals surface area (Å²) >= 11 is 0. The van der Waals surface area contributed by atoms with E-state index in [9.17, 15) is 4.79 Å². The number of ether oxygens (including phenoxy) is 1. The fourth-order valence-electron chi connectivity index (χ4n) is 1.66. The Kier molecular flexibility index (Phi) is 6.19. The lowest BCUT2D eigenvalue weighted by Gasteiger charge is -2.17. The van der Waals surface area contributed by atoms with Gasteiger partial charge in [-0.1, -0.05) is 19.8 Å². The lowest BCUT2D eigenvalue weighted by atomic mass is 10.2. The van der Waals surface area contributed by atoms with Crippen LogP contribution in [-0.2, 0) is 4.74 Å². The highest BCUT2D eigenvalue weighted by atomic mass is 16.5. The van der Waals surface area contributed by atoms with Crippen molar-refractivity contribution in [1.29, 1.82) is 0 Å². The highest BCUT2D eigenvalue weighted by Gasteiger charge is 2.08. The van der Waals surface area contributed by atoms with Crippen LogP contribution in [0.3, 0.4) is 0 Å².